The van der Waals surface area contributed by atoms with Gasteiger partial charge in [-0.15, -0.1) is 0 Å². The van der Waals surface area contributed by atoms with Gasteiger partial charge >= 0.3 is 5.97 Å². The fourth-order valence-corrected chi connectivity index (χ4v) is 3.32. The van der Waals surface area contributed by atoms with Crippen LogP contribution in [0.3, 0.4) is 0 Å². The standard InChI is InChI=1S/C24H25NO3/c1-24(2,3)23(28)25(20-15-9-13-18-12-7-8-14-19(18)20)21(22(26)27)16-17-10-5-4-6-11-17/h4-15,21H,16H2,1-3H3,(H,26,27)/t21-/m1/s1. The zero-order chi connectivity index (χ0) is 20.3. The molecule has 0 aliphatic heterocycles. The fourth-order valence-electron chi connectivity index (χ4n) is 3.32. The Bertz CT molecular complexity index is 984. The van der Waals surface area contributed by atoms with Gasteiger partial charge in [0.1, 0.15) is 6.04 Å². The van der Waals surface area contributed by atoms with Crippen LogP contribution in [0, 0.1) is 5.41 Å². The summed E-state index contributed by atoms with van der Waals surface area (Å²) in [7, 11) is 0. The maximum Gasteiger partial charge on any atom is 0.327 e. The van der Waals surface area contributed by atoms with Crippen LogP contribution in [0.4, 0.5) is 5.69 Å². The van der Waals surface area contributed by atoms with Crippen molar-refractivity contribution >= 4 is 28.3 Å². The third-order valence-corrected chi connectivity index (χ3v) is 4.76. The zero-order valence-corrected chi connectivity index (χ0v) is 16.4. The molecule has 0 aliphatic carbocycles. The maximum absolute atomic E-state index is 13.4. The number of fused-ring (bicyclic) bond motifs is 1. The molecule has 28 heavy (non-hydrogen) atoms. The summed E-state index contributed by atoms with van der Waals surface area (Å²) in [5.41, 5.74) is 0.782. The molecule has 0 saturated heterocycles. The molecule has 144 valence electrons. The maximum atomic E-state index is 13.4. The largest absolute Gasteiger partial charge is 0.480 e. The summed E-state index contributed by atoms with van der Waals surface area (Å²) in [4.78, 5) is 27.2. The molecule has 0 aliphatic rings. The van der Waals surface area contributed by atoms with Crippen molar-refractivity contribution in [2.24, 2.45) is 5.41 Å². The molecule has 0 fully saturated rings. The average molecular weight is 375 g/mol. The van der Waals surface area contributed by atoms with E-state index in [1.54, 1.807) is 0 Å². The van der Waals surface area contributed by atoms with Gasteiger partial charge in [-0.3, -0.25) is 9.69 Å². The monoisotopic (exact) mass is 375 g/mol. The van der Waals surface area contributed by atoms with Crippen molar-refractivity contribution in [2.45, 2.75) is 33.2 Å². The molecule has 0 heterocycles. The lowest BCUT2D eigenvalue weighted by Crippen LogP contribution is -2.51. The number of aliphatic carboxylic acids is 1. The number of hydrogen-bond donors (Lipinski definition) is 1. The number of carboxylic acid groups (broad SMARTS) is 1. The van der Waals surface area contributed by atoms with Crippen molar-refractivity contribution in [3.05, 3.63) is 78.4 Å². The predicted molar refractivity (Wildman–Crippen MR) is 112 cm³/mol. The van der Waals surface area contributed by atoms with Gasteiger partial charge in [-0.05, 0) is 17.0 Å². The van der Waals surface area contributed by atoms with Crippen LogP contribution in [-0.2, 0) is 16.0 Å². The van der Waals surface area contributed by atoms with E-state index in [4.69, 9.17) is 0 Å². The molecule has 1 amide bonds. The number of carboxylic acids is 1. The van der Waals surface area contributed by atoms with Crippen molar-refractivity contribution in [1.29, 1.82) is 0 Å². The Kier molecular flexibility index (Phi) is 5.50. The molecule has 3 aromatic rings. The average Bonchev–Trinajstić information content (AvgIpc) is 2.67. The highest BCUT2D eigenvalue weighted by Gasteiger charge is 2.37. The second kappa shape index (κ2) is 7.85. The van der Waals surface area contributed by atoms with E-state index in [-0.39, 0.29) is 12.3 Å². The minimum atomic E-state index is -1.02. The molecule has 0 unspecified atom stereocenters. The van der Waals surface area contributed by atoms with E-state index in [9.17, 15) is 14.7 Å². The number of benzene rings is 3. The Morgan fingerprint density at radius 3 is 2.14 bits per heavy atom. The first-order valence-corrected chi connectivity index (χ1v) is 9.37. The van der Waals surface area contributed by atoms with E-state index >= 15 is 0 Å². The van der Waals surface area contributed by atoms with E-state index < -0.39 is 17.4 Å². The number of hydrogen-bond acceptors (Lipinski definition) is 2. The van der Waals surface area contributed by atoms with Gasteiger partial charge < -0.3 is 5.11 Å². The van der Waals surface area contributed by atoms with Gasteiger partial charge in [-0.2, -0.15) is 0 Å². The molecule has 3 rings (SSSR count). The van der Waals surface area contributed by atoms with Crippen LogP contribution >= 0.6 is 0 Å². The topological polar surface area (TPSA) is 57.6 Å². The van der Waals surface area contributed by atoms with Crippen LogP contribution in [-0.4, -0.2) is 23.0 Å². The van der Waals surface area contributed by atoms with Gasteiger partial charge in [0.2, 0.25) is 5.91 Å². The summed E-state index contributed by atoms with van der Waals surface area (Å²) in [6, 6.07) is 21.8. The molecule has 0 aromatic heterocycles. The lowest BCUT2D eigenvalue weighted by Gasteiger charge is -2.35. The smallest absolute Gasteiger partial charge is 0.327 e. The van der Waals surface area contributed by atoms with Crippen LogP contribution < -0.4 is 4.90 Å². The highest BCUT2D eigenvalue weighted by Crippen LogP contribution is 2.32. The van der Waals surface area contributed by atoms with E-state index in [0.29, 0.717) is 5.69 Å². The molecule has 4 nitrogen and oxygen atoms in total. The molecule has 1 atom stereocenters. The lowest BCUT2D eigenvalue weighted by atomic mass is 9.91. The third kappa shape index (κ3) is 4.06. The summed E-state index contributed by atoms with van der Waals surface area (Å²) in [6.45, 7) is 5.44. The van der Waals surface area contributed by atoms with Gasteiger partial charge in [0.15, 0.2) is 0 Å². The van der Waals surface area contributed by atoms with Crippen molar-refractivity contribution in [3.63, 3.8) is 0 Å². The van der Waals surface area contributed by atoms with E-state index in [2.05, 4.69) is 0 Å². The first-order valence-electron chi connectivity index (χ1n) is 9.37. The zero-order valence-electron chi connectivity index (χ0n) is 16.4. The number of carbonyl (C=O) groups excluding carboxylic acids is 1. The Balaban J connectivity index is 2.17. The number of anilines is 1. The van der Waals surface area contributed by atoms with Crippen molar-refractivity contribution in [1.82, 2.24) is 0 Å². The van der Waals surface area contributed by atoms with E-state index in [1.165, 1.54) is 4.90 Å². The first kappa shape index (κ1) is 19.6. The van der Waals surface area contributed by atoms with Crippen LogP contribution in [0.2, 0.25) is 0 Å². The summed E-state index contributed by atoms with van der Waals surface area (Å²) in [6.07, 6.45) is 0.237. The summed E-state index contributed by atoms with van der Waals surface area (Å²) in [5.74, 6) is -1.23. The minimum Gasteiger partial charge on any atom is -0.480 e. The Labute approximate surface area is 165 Å². The summed E-state index contributed by atoms with van der Waals surface area (Å²) >= 11 is 0. The number of rotatable bonds is 5. The fraction of sp³-hybridized carbons (Fsp3) is 0.250. The molecule has 0 bridgehead atoms. The van der Waals surface area contributed by atoms with Crippen LogP contribution in [0.1, 0.15) is 26.3 Å². The van der Waals surface area contributed by atoms with Crippen LogP contribution in [0.25, 0.3) is 10.8 Å². The molecule has 0 radical (unpaired) electrons. The SMILES string of the molecule is CC(C)(C)C(=O)N(c1cccc2ccccc12)[C@H](Cc1ccccc1)C(=O)O. The molecule has 4 heteroatoms. The van der Waals surface area contributed by atoms with Crippen LogP contribution in [0.15, 0.2) is 72.8 Å². The van der Waals surface area contributed by atoms with Crippen molar-refractivity contribution < 1.29 is 14.7 Å². The van der Waals surface area contributed by atoms with E-state index in [1.807, 2.05) is 93.6 Å². The van der Waals surface area contributed by atoms with Crippen molar-refractivity contribution in [3.8, 4) is 0 Å². The highest BCUT2D eigenvalue weighted by atomic mass is 16.4. The van der Waals surface area contributed by atoms with E-state index in [0.717, 1.165) is 16.3 Å². The van der Waals surface area contributed by atoms with Crippen molar-refractivity contribution in [2.75, 3.05) is 4.90 Å². The number of carbonyl (C=O) groups is 2. The highest BCUT2D eigenvalue weighted by molar-refractivity contribution is 6.08. The van der Waals surface area contributed by atoms with Crippen LogP contribution in [0.5, 0.6) is 0 Å². The number of amides is 1. The molecule has 3 aromatic carbocycles. The second-order valence-corrected chi connectivity index (χ2v) is 7.97. The van der Waals surface area contributed by atoms with Gasteiger partial charge in [0.05, 0.1) is 5.69 Å². The van der Waals surface area contributed by atoms with Gasteiger partial charge in [0.25, 0.3) is 0 Å². The quantitative estimate of drug-likeness (QED) is 0.689. The second-order valence-electron chi connectivity index (χ2n) is 7.97. The first-order chi connectivity index (χ1) is 13.3. The predicted octanol–water partition coefficient (Wildman–Crippen LogP) is 4.91. The summed E-state index contributed by atoms with van der Waals surface area (Å²) < 4.78 is 0. The molecule has 0 saturated carbocycles. The van der Waals surface area contributed by atoms with Gasteiger partial charge in [0, 0.05) is 17.2 Å². The molecular formula is C24H25NO3. The molecule has 1 N–H and O–H groups in total. The summed E-state index contributed by atoms with van der Waals surface area (Å²) in [5, 5.41) is 11.9. The minimum absolute atomic E-state index is 0.216. The van der Waals surface area contributed by atoms with Gasteiger partial charge in [-0.25, -0.2) is 4.79 Å². The number of nitrogens with zero attached hydrogens (tertiary/aromatic N) is 1. The lowest BCUT2D eigenvalue weighted by molar-refractivity contribution is -0.141. The Morgan fingerprint density at radius 2 is 1.50 bits per heavy atom. The molecule has 0 spiro atoms. The van der Waals surface area contributed by atoms with Gasteiger partial charge in [-0.1, -0.05) is 87.5 Å². The third-order valence-electron chi connectivity index (χ3n) is 4.76. The Hall–Kier alpha value is -3.14. The Morgan fingerprint density at radius 1 is 0.893 bits per heavy atom. The normalized spacial score (nSPS) is 12.5. The molecular weight excluding hydrogens is 350 g/mol.